The fourth-order valence-corrected chi connectivity index (χ4v) is 1.98. The smallest absolute Gasteiger partial charge is 0.306 e. The van der Waals surface area contributed by atoms with E-state index in [1.165, 1.54) is 0 Å². The number of ether oxygens (including phenoxy) is 1. The summed E-state index contributed by atoms with van der Waals surface area (Å²) in [6, 6.07) is 7.57. The van der Waals surface area contributed by atoms with Gasteiger partial charge < -0.3 is 4.74 Å². The third-order valence-corrected chi connectivity index (χ3v) is 2.96. The Kier molecular flexibility index (Phi) is 5.58. The monoisotopic (exact) mass is 244 g/mol. The topological polar surface area (TPSA) is 26.3 Å². The molecule has 2 nitrogen and oxygen atoms in total. The van der Waals surface area contributed by atoms with Crippen LogP contribution in [0.1, 0.15) is 13.3 Å². The Morgan fingerprint density at radius 2 is 2.07 bits per heavy atom. The highest BCUT2D eigenvalue weighted by Gasteiger charge is 2.01. The molecular formula is C11H13ClO2S. The van der Waals surface area contributed by atoms with Gasteiger partial charge in [0.15, 0.2) is 0 Å². The van der Waals surface area contributed by atoms with Crippen molar-refractivity contribution in [2.24, 2.45) is 0 Å². The summed E-state index contributed by atoms with van der Waals surface area (Å²) >= 11 is 7.38. The number of rotatable bonds is 5. The van der Waals surface area contributed by atoms with Crippen LogP contribution in [-0.4, -0.2) is 18.3 Å². The molecule has 1 aromatic rings. The first-order chi connectivity index (χ1) is 7.22. The zero-order chi connectivity index (χ0) is 11.1. The fraction of sp³-hybridized carbons (Fsp3) is 0.364. The molecule has 4 heteroatoms. The SMILES string of the molecule is CCOC(=O)CCSc1ccc(Cl)cc1. The molecule has 0 amide bonds. The molecule has 0 spiro atoms. The normalized spacial score (nSPS) is 10.0. The molecule has 1 rings (SSSR count). The zero-order valence-corrected chi connectivity index (χ0v) is 10.1. The number of benzene rings is 1. The van der Waals surface area contributed by atoms with Crippen LogP contribution < -0.4 is 0 Å². The van der Waals surface area contributed by atoms with E-state index >= 15 is 0 Å². The third-order valence-electron chi connectivity index (χ3n) is 1.69. The molecule has 82 valence electrons. The van der Waals surface area contributed by atoms with Crippen LogP contribution in [0, 0.1) is 0 Å². The molecule has 0 aliphatic carbocycles. The van der Waals surface area contributed by atoms with E-state index in [9.17, 15) is 4.79 Å². The number of hydrogen-bond donors (Lipinski definition) is 0. The van der Waals surface area contributed by atoms with Crippen molar-refractivity contribution in [2.75, 3.05) is 12.4 Å². The summed E-state index contributed by atoms with van der Waals surface area (Å²) in [5.41, 5.74) is 0. The first kappa shape index (κ1) is 12.4. The van der Waals surface area contributed by atoms with Gasteiger partial charge in [-0.2, -0.15) is 0 Å². The summed E-state index contributed by atoms with van der Waals surface area (Å²) in [5.74, 6) is 0.597. The van der Waals surface area contributed by atoms with Crippen LogP contribution in [0.2, 0.25) is 5.02 Å². The van der Waals surface area contributed by atoms with Crippen LogP contribution in [-0.2, 0) is 9.53 Å². The number of thioether (sulfide) groups is 1. The molecule has 0 saturated heterocycles. The van der Waals surface area contributed by atoms with Gasteiger partial charge >= 0.3 is 5.97 Å². The molecular weight excluding hydrogens is 232 g/mol. The van der Waals surface area contributed by atoms with Crippen molar-refractivity contribution < 1.29 is 9.53 Å². The van der Waals surface area contributed by atoms with Gasteiger partial charge in [-0.3, -0.25) is 4.79 Å². The molecule has 0 aromatic heterocycles. The highest BCUT2D eigenvalue weighted by molar-refractivity contribution is 7.99. The largest absolute Gasteiger partial charge is 0.466 e. The van der Waals surface area contributed by atoms with Crippen molar-refractivity contribution in [3.63, 3.8) is 0 Å². The average Bonchev–Trinajstić information content (AvgIpc) is 2.21. The van der Waals surface area contributed by atoms with Crippen LogP contribution in [0.3, 0.4) is 0 Å². The Bertz CT molecular complexity index is 311. The number of carbonyl (C=O) groups excluding carboxylic acids is 1. The second kappa shape index (κ2) is 6.75. The highest BCUT2D eigenvalue weighted by Crippen LogP contribution is 2.20. The van der Waals surface area contributed by atoms with Crippen LogP contribution in [0.5, 0.6) is 0 Å². The molecule has 0 unspecified atom stereocenters. The maximum absolute atomic E-state index is 11.0. The molecule has 0 N–H and O–H groups in total. The van der Waals surface area contributed by atoms with Crippen molar-refractivity contribution in [3.05, 3.63) is 29.3 Å². The Morgan fingerprint density at radius 3 is 2.67 bits per heavy atom. The Morgan fingerprint density at radius 1 is 1.40 bits per heavy atom. The Hall–Kier alpha value is -0.670. The predicted molar refractivity (Wildman–Crippen MR) is 63.4 cm³/mol. The van der Waals surface area contributed by atoms with Gasteiger partial charge in [0.05, 0.1) is 13.0 Å². The number of esters is 1. The summed E-state index contributed by atoms with van der Waals surface area (Å²) in [7, 11) is 0. The van der Waals surface area contributed by atoms with Gasteiger partial charge in [-0.25, -0.2) is 0 Å². The Labute approximate surface area is 99.0 Å². The van der Waals surface area contributed by atoms with Crippen LogP contribution in [0.25, 0.3) is 0 Å². The van der Waals surface area contributed by atoms with Gasteiger partial charge in [-0.15, -0.1) is 11.8 Å². The molecule has 0 bridgehead atoms. The first-order valence-corrected chi connectivity index (χ1v) is 6.12. The van der Waals surface area contributed by atoms with Crippen LogP contribution >= 0.6 is 23.4 Å². The lowest BCUT2D eigenvalue weighted by atomic mass is 10.4. The molecule has 15 heavy (non-hydrogen) atoms. The Balaban J connectivity index is 2.26. The number of hydrogen-bond acceptors (Lipinski definition) is 3. The van der Waals surface area contributed by atoms with E-state index in [1.54, 1.807) is 11.8 Å². The molecule has 0 aliphatic rings. The quantitative estimate of drug-likeness (QED) is 0.587. The van der Waals surface area contributed by atoms with Gasteiger partial charge in [-0.1, -0.05) is 11.6 Å². The first-order valence-electron chi connectivity index (χ1n) is 4.76. The second-order valence-corrected chi connectivity index (χ2v) is 4.46. The van der Waals surface area contributed by atoms with Gasteiger partial charge in [0.1, 0.15) is 0 Å². The maximum atomic E-state index is 11.0. The lowest BCUT2D eigenvalue weighted by Crippen LogP contribution is -2.04. The van der Waals surface area contributed by atoms with Crippen LogP contribution in [0.4, 0.5) is 0 Å². The van der Waals surface area contributed by atoms with Crippen molar-refractivity contribution >= 4 is 29.3 Å². The molecule has 0 aliphatic heterocycles. The van der Waals surface area contributed by atoms with E-state index in [0.29, 0.717) is 13.0 Å². The zero-order valence-electron chi connectivity index (χ0n) is 8.53. The second-order valence-electron chi connectivity index (χ2n) is 2.86. The average molecular weight is 245 g/mol. The predicted octanol–water partition coefficient (Wildman–Crippen LogP) is 3.39. The van der Waals surface area contributed by atoms with Crippen molar-refractivity contribution in [1.82, 2.24) is 0 Å². The van der Waals surface area contributed by atoms with Gasteiger partial charge in [0.2, 0.25) is 0 Å². The summed E-state index contributed by atoms with van der Waals surface area (Å²) in [6.45, 7) is 2.26. The summed E-state index contributed by atoms with van der Waals surface area (Å²) in [4.78, 5) is 12.1. The molecule has 0 saturated carbocycles. The van der Waals surface area contributed by atoms with Gasteiger partial charge in [0, 0.05) is 15.7 Å². The third kappa shape index (κ3) is 5.09. The summed E-state index contributed by atoms with van der Waals surface area (Å²) < 4.78 is 4.83. The van der Waals surface area contributed by atoms with Crippen LogP contribution in [0.15, 0.2) is 29.2 Å². The molecule has 1 aromatic carbocycles. The van der Waals surface area contributed by atoms with E-state index in [4.69, 9.17) is 16.3 Å². The molecule has 0 heterocycles. The number of carbonyl (C=O) groups is 1. The van der Waals surface area contributed by atoms with E-state index in [1.807, 2.05) is 31.2 Å². The van der Waals surface area contributed by atoms with Gasteiger partial charge in [-0.05, 0) is 31.2 Å². The minimum Gasteiger partial charge on any atom is -0.466 e. The fourth-order valence-electron chi connectivity index (χ4n) is 1.02. The molecule has 0 radical (unpaired) electrons. The van der Waals surface area contributed by atoms with E-state index < -0.39 is 0 Å². The molecule has 0 fully saturated rings. The minimum absolute atomic E-state index is 0.140. The van der Waals surface area contributed by atoms with E-state index in [-0.39, 0.29) is 5.97 Å². The molecule has 0 atom stereocenters. The standard InChI is InChI=1S/C11H13ClO2S/c1-2-14-11(13)7-8-15-10-5-3-9(12)4-6-10/h3-6H,2,7-8H2,1H3. The van der Waals surface area contributed by atoms with E-state index in [0.717, 1.165) is 15.7 Å². The van der Waals surface area contributed by atoms with Crippen molar-refractivity contribution in [1.29, 1.82) is 0 Å². The summed E-state index contributed by atoms with van der Waals surface area (Å²) in [6.07, 6.45) is 0.446. The lowest BCUT2D eigenvalue weighted by Gasteiger charge is -2.02. The number of halogens is 1. The lowest BCUT2D eigenvalue weighted by molar-refractivity contribution is -0.142. The van der Waals surface area contributed by atoms with Gasteiger partial charge in [0.25, 0.3) is 0 Å². The summed E-state index contributed by atoms with van der Waals surface area (Å²) in [5, 5.41) is 0.727. The van der Waals surface area contributed by atoms with Crippen molar-refractivity contribution in [3.8, 4) is 0 Å². The minimum atomic E-state index is -0.140. The van der Waals surface area contributed by atoms with E-state index in [2.05, 4.69) is 0 Å². The van der Waals surface area contributed by atoms with Crippen molar-refractivity contribution in [2.45, 2.75) is 18.2 Å². The highest BCUT2D eigenvalue weighted by atomic mass is 35.5. The maximum Gasteiger partial charge on any atom is 0.306 e.